The van der Waals surface area contributed by atoms with E-state index in [1.54, 1.807) is 20.8 Å². The van der Waals surface area contributed by atoms with Crippen molar-refractivity contribution in [2.75, 3.05) is 5.32 Å². The summed E-state index contributed by atoms with van der Waals surface area (Å²) in [5.74, 6) is -1.07. The summed E-state index contributed by atoms with van der Waals surface area (Å²) >= 11 is 0. The molecule has 22 heavy (non-hydrogen) atoms. The number of hydrogen-bond acceptors (Lipinski definition) is 3. The Hall–Kier alpha value is -2.84. The van der Waals surface area contributed by atoms with E-state index >= 15 is 0 Å². The number of benzene rings is 1. The third kappa shape index (κ3) is 6.07. The zero-order valence-corrected chi connectivity index (χ0v) is 12.6. The highest BCUT2D eigenvalue weighted by atomic mass is 19.1. The number of aliphatic imine (C=N–C) groups is 2. The molecular weight excluding hydrogens is 291 g/mol. The first-order valence-electron chi connectivity index (χ1n) is 6.30. The van der Waals surface area contributed by atoms with Gasteiger partial charge in [-0.1, -0.05) is 0 Å². The van der Waals surface area contributed by atoms with Crippen LogP contribution in [0.2, 0.25) is 0 Å². The van der Waals surface area contributed by atoms with Crippen molar-refractivity contribution < 1.29 is 13.9 Å². The van der Waals surface area contributed by atoms with E-state index in [1.165, 1.54) is 6.07 Å². The minimum absolute atomic E-state index is 0.0722. The maximum absolute atomic E-state index is 13.3. The number of nitrogens with zero attached hydrogens (tertiary/aromatic N) is 2. The predicted octanol–water partition coefficient (Wildman–Crippen LogP) is 1.39. The van der Waals surface area contributed by atoms with Crippen LogP contribution >= 0.6 is 0 Å². The van der Waals surface area contributed by atoms with Crippen molar-refractivity contribution in [3.8, 4) is 0 Å². The Morgan fingerprint density at radius 2 is 1.91 bits per heavy atom. The number of carbonyl (C=O) groups is 1. The molecule has 1 aromatic carbocycles. The van der Waals surface area contributed by atoms with Gasteiger partial charge in [0.25, 0.3) is 0 Å². The molecule has 0 radical (unpaired) electrons. The lowest BCUT2D eigenvalue weighted by Crippen LogP contribution is -2.27. The second kappa shape index (κ2) is 6.74. The van der Waals surface area contributed by atoms with E-state index in [1.807, 2.05) is 0 Å². The number of ether oxygens (including phenoxy) is 1. The van der Waals surface area contributed by atoms with E-state index in [0.29, 0.717) is 0 Å². The molecule has 0 heterocycles. The fourth-order valence-corrected chi connectivity index (χ4v) is 1.40. The minimum atomic E-state index is -0.755. The molecule has 120 valence electrons. The molecule has 1 amide bonds. The molecule has 0 fully saturated rings. The average Bonchev–Trinajstić information content (AvgIpc) is 2.29. The molecule has 0 aromatic heterocycles. The quantitative estimate of drug-likeness (QED) is 0.482. The molecule has 0 spiro atoms. The summed E-state index contributed by atoms with van der Waals surface area (Å²) in [5.41, 5.74) is 15.4. The summed E-state index contributed by atoms with van der Waals surface area (Å²) in [6.45, 7) is 5.11. The number of nitrogens with two attached hydrogens (primary N) is 3. The van der Waals surface area contributed by atoms with Crippen LogP contribution in [0.3, 0.4) is 0 Å². The smallest absolute Gasteiger partial charge is 0.412 e. The van der Waals surface area contributed by atoms with Crippen molar-refractivity contribution in [2.24, 2.45) is 27.2 Å². The standard InChI is InChI=1S/C13H19FN6O2/c1-13(2,3)22-12(21)19-9-6-7(14)4-5-8(9)18-11(17)20-10(15)16/h4-6H,1-3H3,(H,19,21)(H6,15,16,17,18,20). The normalized spacial score (nSPS) is 11.7. The summed E-state index contributed by atoms with van der Waals surface area (Å²) in [7, 11) is 0. The lowest BCUT2D eigenvalue weighted by molar-refractivity contribution is 0.0636. The topological polar surface area (TPSA) is 141 Å². The number of guanidine groups is 2. The first-order valence-corrected chi connectivity index (χ1v) is 6.30. The number of carbonyl (C=O) groups excluding carboxylic acids is 1. The van der Waals surface area contributed by atoms with Gasteiger partial charge in [0.2, 0.25) is 5.96 Å². The van der Waals surface area contributed by atoms with Gasteiger partial charge in [-0.2, -0.15) is 4.99 Å². The maximum Gasteiger partial charge on any atom is 0.412 e. The van der Waals surface area contributed by atoms with E-state index in [2.05, 4.69) is 15.3 Å². The van der Waals surface area contributed by atoms with Gasteiger partial charge in [0.1, 0.15) is 11.4 Å². The second-order valence-electron chi connectivity index (χ2n) is 5.30. The van der Waals surface area contributed by atoms with Gasteiger partial charge < -0.3 is 21.9 Å². The molecule has 0 saturated heterocycles. The number of rotatable bonds is 2. The Balaban J connectivity index is 3.06. The summed E-state index contributed by atoms with van der Waals surface area (Å²) in [5, 5.41) is 2.39. The zero-order chi connectivity index (χ0) is 16.9. The molecule has 0 bridgehead atoms. The Morgan fingerprint density at radius 3 is 2.45 bits per heavy atom. The number of halogens is 1. The molecule has 0 aliphatic carbocycles. The van der Waals surface area contributed by atoms with Crippen LogP contribution in [0.4, 0.5) is 20.6 Å². The van der Waals surface area contributed by atoms with Crippen LogP contribution in [0.25, 0.3) is 0 Å². The van der Waals surface area contributed by atoms with Gasteiger partial charge in [0, 0.05) is 0 Å². The van der Waals surface area contributed by atoms with E-state index in [4.69, 9.17) is 21.9 Å². The molecule has 8 nitrogen and oxygen atoms in total. The largest absolute Gasteiger partial charge is 0.444 e. The number of amides is 1. The van der Waals surface area contributed by atoms with Gasteiger partial charge >= 0.3 is 6.09 Å². The molecule has 0 unspecified atom stereocenters. The van der Waals surface area contributed by atoms with E-state index in [0.717, 1.165) is 12.1 Å². The summed E-state index contributed by atoms with van der Waals surface area (Å²) in [6.07, 6.45) is -0.755. The van der Waals surface area contributed by atoms with E-state index in [-0.39, 0.29) is 23.3 Å². The lowest BCUT2D eigenvalue weighted by atomic mass is 10.2. The van der Waals surface area contributed by atoms with Crippen molar-refractivity contribution in [3.05, 3.63) is 24.0 Å². The third-order valence-electron chi connectivity index (χ3n) is 2.07. The lowest BCUT2D eigenvalue weighted by Gasteiger charge is -2.20. The molecule has 1 aromatic rings. The van der Waals surface area contributed by atoms with E-state index < -0.39 is 17.5 Å². The Bertz CT molecular complexity index is 617. The first-order chi connectivity index (χ1) is 10.1. The van der Waals surface area contributed by atoms with Crippen LogP contribution in [0.1, 0.15) is 20.8 Å². The number of nitrogens with one attached hydrogen (secondary N) is 1. The Labute approximate surface area is 127 Å². The molecule has 0 atom stereocenters. The molecular formula is C13H19FN6O2. The highest BCUT2D eigenvalue weighted by Gasteiger charge is 2.17. The van der Waals surface area contributed by atoms with Gasteiger partial charge in [-0.25, -0.2) is 14.2 Å². The van der Waals surface area contributed by atoms with Gasteiger partial charge in [-0.05, 0) is 39.0 Å². The maximum atomic E-state index is 13.3. The van der Waals surface area contributed by atoms with Crippen molar-refractivity contribution in [3.63, 3.8) is 0 Å². The van der Waals surface area contributed by atoms with Crippen molar-refractivity contribution in [1.29, 1.82) is 0 Å². The SMILES string of the molecule is CC(C)(C)OC(=O)Nc1cc(F)ccc1N=C(N)N=C(N)N. The molecule has 7 N–H and O–H groups in total. The second-order valence-corrected chi connectivity index (χ2v) is 5.30. The van der Waals surface area contributed by atoms with Crippen molar-refractivity contribution in [1.82, 2.24) is 0 Å². The summed E-state index contributed by atoms with van der Waals surface area (Å²) in [6, 6.07) is 3.55. The predicted molar refractivity (Wildman–Crippen MR) is 83.3 cm³/mol. The molecule has 1 rings (SSSR count). The van der Waals surface area contributed by atoms with Crippen LogP contribution in [-0.2, 0) is 4.74 Å². The minimum Gasteiger partial charge on any atom is -0.444 e. The fraction of sp³-hybridized carbons (Fsp3) is 0.308. The van der Waals surface area contributed by atoms with Gasteiger partial charge in [0.05, 0.1) is 11.4 Å². The highest BCUT2D eigenvalue weighted by Crippen LogP contribution is 2.26. The van der Waals surface area contributed by atoms with E-state index in [9.17, 15) is 9.18 Å². The average molecular weight is 310 g/mol. The Kier molecular flexibility index (Phi) is 5.28. The molecule has 0 aliphatic rings. The first kappa shape index (κ1) is 17.2. The van der Waals surface area contributed by atoms with Crippen molar-refractivity contribution in [2.45, 2.75) is 26.4 Å². The van der Waals surface area contributed by atoms with Gasteiger partial charge in [0.15, 0.2) is 5.96 Å². The molecule has 0 aliphatic heterocycles. The Morgan fingerprint density at radius 1 is 1.27 bits per heavy atom. The molecule has 9 heteroatoms. The highest BCUT2D eigenvalue weighted by molar-refractivity contribution is 5.95. The fourth-order valence-electron chi connectivity index (χ4n) is 1.40. The monoisotopic (exact) mass is 310 g/mol. The summed E-state index contributed by atoms with van der Waals surface area (Å²) < 4.78 is 18.4. The van der Waals surface area contributed by atoms with Crippen LogP contribution in [0.5, 0.6) is 0 Å². The van der Waals surface area contributed by atoms with Gasteiger partial charge in [-0.15, -0.1) is 0 Å². The van der Waals surface area contributed by atoms with Crippen LogP contribution in [-0.4, -0.2) is 23.6 Å². The number of hydrogen-bond donors (Lipinski definition) is 4. The third-order valence-corrected chi connectivity index (χ3v) is 2.07. The van der Waals surface area contributed by atoms with Crippen LogP contribution in [0, 0.1) is 5.82 Å². The zero-order valence-electron chi connectivity index (χ0n) is 12.6. The summed E-state index contributed by atoms with van der Waals surface area (Å²) in [4.78, 5) is 19.2. The number of anilines is 1. The van der Waals surface area contributed by atoms with Crippen LogP contribution in [0.15, 0.2) is 28.2 Å². The van der Waals surface area contributed by atoms with Gasteiger partial charge in [-0.3, -0.25) is 5.32 Å². The molecule has 0 saturated carbocycles. The van der Waals surface area contributed by atoms with Crippen LogP contribution < -0.4 is 22.5 Å². The van der Waals surface area contributed by atoms with Crippen molar-refractivity contribution >= 4 is 29.4 Å².